The van der Waals surface area contributed by atoms with Crippen LogP contribution >= 0.6 is 22.9 Å². The molecule has 4 aromatic rings. The molecule has 2 aromatic carbocycles. The van der Waals surface area contributed by atoms with Gasteiger partial charge in [0.15, 0.2) is 5.78 Å². The van der Waals surface area contributed by atoms with Gasteiger partial charge in [0.2, 0.25) is 0 Å². The van der Waals surface area contributed by atoms with Crippen molar-refractivity contribution in [3.05, 3.63) is 82.1 Å². The Morgan fingerprint density at radius 3 is 2.74 bits per heavy atom. The molecule has 6 nitrogen and oxygen atoms in total. The number of hydrogen-bond donors (Lipinski definition) is 1. The molecule has 8 heteroatoms. The van der Waals surface area contributed by atoms with E-state index < -0.39 is 0 Å². The standard InChI is InChI=1S/C26H23ClN4O2S/c1-31(2)13-19-21(32)10-9-18-23-25(28-15-29-26(23)34-24(18)19)30-17-8-11-22(20(27)12-17)33-14-16-6-4-3-5-7-16/h3-8,11-13,15H,9-10,14H2,1-2H3,(H,28,29,30)/b19-13-. The number of aromatic nitrogens is 2. The van der Waals surface area contributed by atoms with Crippen molar-refractivity contribution in [3.8, 4) is 5.75 Å². The third-order valence-corrected chi connectivity index (χ3v) is 7.02. The number of allylic oxidation sites excluding steroid dienone is 1. The summed E-state index contributed by atoms with van der Waals surface area (Å²) >= 11 is 8.05. The summed E-state index contributed by atoms with van der Waals surface area (Å²) in [5.74, 6) is 1.48. The van der Waals surface area contributed by atoms with Crippen molar-refractivity contribution in [2.45, 2.75) is 19.4 Å². The van der Waals surface area contributed by atoms with Gasteiger partial charge in [-0.15, -0.1) is 11.3 Å². The van der Waals surface area contributed by atoms with Gasteiger partial charge in [-0.2, -0.15) is 0 Å². The van der Waals surface area contributed by atoms with E-state index in [1.54, 1.807) is 6.33 Å². The van der Waals surface area contributed by atoms with E-state index in [1.165, 1.54) is 11.3 Å². The van der Waals surface area contributed by atoms with Crippen molar-refractivity contribution in [1.29, 1.82) is 0 Å². The highest BCUT2D eigenvalue weighted by molar-refractivity contribution is 7.20. The smallest absolute Gasteiger partial charge is 0.166 e. The molecule has 0 amide bonds. The van der Waals surface area contributed by atoms with Gasteiger partial charge in [0.25, 0.3) is 0 Å². The summed E-state index contributed by atoms with van der Waals surface area (Å²) in [5, 5.41) is 4.87. The number of carbonyl (C=O) groups is 1. The van der Waals surface area contributed by atoms with Crippen LogP contribution in [0.1, 0.15) is 22.4 Å². The lowest BCUT2D eigenvalue weighted by Crippen LogP contribution is -2.14. The van der Waals surface area contributed by atoms with E-state index in [-0.39, 0.29) is 5.78 Å². The number of fused-ring (bicyclic) bond motifs is 3. The third kappa shape index (κ3) is 4.49. The first-order valence-corrected chi connectivity index (χ1v) is 12.1. The molecule has 0 spiro atoms. The lowest BCUT2D eigenvalue weighted by atomic mass is 9.92. The first-order valence-electron chi connectivity index (χ1n) is 10.9. The number of ether oxygens (including phenoxy) is 1. The Balaban J connectivity index is 1.43. The van der Waals surface area contributed by atoms with E-state index in [9.17, 15) is 4.79 Å². The summed E-state index contributed by atoms with van der Waals surface area (Å²) in [6.07, 6.45) is 4.59. The molecule has 1 aliphatic carbocycles. The van der Waals surface area contributed by atoms with E-state index in [2.05, 4.69) is 15.3 Å². The quantitative estimate of drug-likeness (QED) is 0.330. The molecule has 0 aliphatic heterocycles. The molecule has 0 bridgehead atoms. The average molecular weight is 491 g/mol. The van der Waals surface area contributed by atoms with Crippen molar-refractivity contribution in [2.24, 2.45) is 0 Å². The molecular formula is C26H23ClN4O2S. The number of halogens is 1. The van der Waals surface area contributed by atoms with Crippen LogP contribution < -0.4 is 10.1 Å². The molecular weight excluding hydrogens is 468 g/mol. The van der Waals surface area contributed by atoms with Gasteiger partial charge in [-0.1, -0.05) is 41.9 Å². The Hall–Kier alpha value is -3.42. The molecule has 0 saturated heterocycles. The largest absolute Gasteiger partial charge is 0.487 e. The molecule has 2 aromatic heterocycles. The lowest BCUT2D eigenvalue weighted by molar-refractivity contribution is -0.113. The van der Waals surface area contributed by atoms with E-state index in [4.69, 9.17) is 16.3 Å². The Bertz CT molecular complexity index is 1400. The van der Waals surface area contributed by atoms with Crippen LogP contribution in [0.3, 0.4) is 0 Å². The molecule has 2 heterocycles. The number of Topliss-reactive ketones (excluding diaryl/α,β-unsaturated/α-hetero) is 1. The van der Waals surface area contributed by atoms with Crippen LogP contribution in [0.4, 0.5) is 11.5 Å². The van der Waals surface area contributed by atoms with Crippen LogP contribution in [-0.2, 0) is 17.8 Å². The van der Waals surface area contributed by atoms with Gasteiger partial charge in [0, 0.05) is 37.3 Å². The number of nitrogens with zero attached hydrogens (tertiary/aromatic N) is 3. The predicted octanol–water partition coefficient (Wildman–Crippen LogP) is 6.09. The minimum atomic E-state index is 0.160. The minimum Gasteiger partial charge on any atom is -0.487 e. The number of ketones is 1. The number of thiophene rings is 1. The maximum atomic E-state index is 12.6. The molecule has 0 saturated carbocycles. The third-order valence-electron chi connectivity index (χ3n) is 5.55. The number of anilines is 2. The van der Waals surface area contributed by atoms with Crippen LogP contribution in [0.25, 0.3) is 15.8 Å². The van der Waals surface area contributed by atoms with Gasteiger partial charge >= 0.3 is 0 Å². The Labute approximate surface area is 206 Å². The highest BCUT2D eigenvalue weighted by Crippen LogP contribution is 2.42. The highest BCUT2D eigenvalue weighted by Gasteiger charge is 2.28. The summed E-state index contributed by atoms with van der Waals surface area (Å²) in [7, 11) is 3.84. The van der Waals surface area contributed by atoms with Crippen molar-refractivity contribution in [3.63, 3.8) is 0 Å². The molecule has 172 valence electrons. The summed E-state index contributed by atoms with van der Waals surface area (Å²) in [6.45, 7) is 0.447. The van der Waals surface area contributed by atoms with Gasteiger partial charge < -0.3 is 15.0 Å². The number of rotatable bonds is 6. The average Bonchev–Trinajstić information content (AvgIpc) is 3.21. The SMILES string of the molecule is CN(C)/C=C1/C(=O)CCc2c1sc1ncnc(Nc3ccc(OCc4ccccc4)c(Cl)c3)c21. The van der Waals surface area contributed by atoms with Crippen molar-refractivity contribution in [2.75, 3.05) is 19.4 Å². The fraction of sp³-hybridized carbons (Fsp3) is 0.192. The first-order chi connectivity index (χ1) is 16.5. The molecule has 0 atom stereocenters. The van der Waals surface area contributed by atoms with Crippen molar-refractivity contribution >= 4 is 56.0 Å². The number of nitrogens with one attached hydrogen (secondary N) is 1. The van der Waals surface area contributed by atoms with Crippen LogP contribution in [0.15, 0.2) is 61.1 Å². The number of carbonyl (C=O) groups excluding carboxylic acids is 1. The van der Waals surface area contributed by atoms with Gasteiger partial charge in [-0.25, -0.2) is 9.97 Å². The summed E-state index contributed by atoms with van der Waals surface area (Å²) in [4.78, 5) is 25.3. The Kier molecular flexibility index (Phi) is 6.22. The van der Waals surface area contributed by atoms with E-state index in [0.29, 0.717) is 36.0 Å². The van der Waals surface area contributed by atoms with Crippen molar-refractivity contribution in [1.82, 2.24) is 14.9 Å². The van der Waals surface area contributed by atoms with Crippen LogP contribution in [0, 0.1) is 0 Å². The predicted molar refractivity (Wildman–Crippen MR) is 138 cm³/mol. The molecule has 1 N–H and O–H groups in total. The maximum absolute atomic E-state index is 12.6. The zero-order valence-corrected chi connectivity index (χ0v) is 20.4. The van der Waals surface area contributed by atoms with Gasteiger partial charge in [-0.3, -0.25) is 4.79 Å². The van der Waals surface area contributed by atoms with Gasteiger partial charge in [-0.05, 0) is 35.7 Å². The maximum Gasteiger partial charge on any atom is 0.166 e. The molecule has 5 rings (SSSR count). The van der Waals surface area contributed by atoms with Gasteiger partial charge in [0.05, 0.1) is 16.0 Å². The van der Waals surface area contributed by atoms with E-state index >= 15 is 0 Å². The van der Waals surface area contributed by atoms with Gasteiger partial charge in [0.1, 0.15) is 29.3 Å². The Morgan fingerprint density at radius 2 is 1.97 bits per heavy atom. The fourth-order valence-electron chi connectivity index (χ4n) is 4.00. The normalized spacial score (nSPS) is 14.3. The molecule has 0 radical (unpaired) electrons. The Morgan fingerprint density at radius 1 is 1.15 bits per heavy atom. The monoisotopic (exact) mass is 490 g/mol. The lowest BCUT2D eigenvalue weighted by Gasteiger charge is -2.17. The first kappa shape index (κ1) is 22.4. The number of aryl methyl sites for hydroxylation is 1. The van der Waals surface area contributed by atoms with Crippen LogP contribution in [-0.4, -0.2) is 34.7 Å². The van der Waals surface area contributed by atoms with Crippen molar-refractivity contribution < 1.29 is 9.53 Å². The summed E-state index contributed by atoms with van der Waals surface area (Å²) < 4.78 is 5.89. The molecule has 0 fully saturated rings. The van der Waals surface area contributed by atoms with Crippen LogP contribution in [0.2, 0.25) is 5.02 Å². The second-order valence-electron chi connectivity index (χ2n) is 8.29. The zero-order chi connectivity index (χ0) is 23.7. The molecule has 0 unspecified atom stereocenters. The summed E-state index contributed by atoms with van der Waals surface area (Å²) in [6, 6.07) is 15.6. The van der Waals surface area contributed by atoms with E-state index in [0.717, 1.165) is 37.5 Å². The minimum absolute atomic E-state index is 0.160. The second-order valence-corrected chi connectivity index (χ2v) is 9.69. The van der Waals surface area contributed by atoms with Crippen LogP contribution in [0.5, 0.6) is 5.75 Å². The summed E-state index contributed by atoms with van der Waals surface area (Å²) in [5.41, 5.74) is 3.73. The molecule has 1 aliphatic rings. The topological polar surface area (TPSA) is 67.4 Å². The molecule has 34 heavy (non-hydrogen) atoms. The number of hydrogen-bond acceptors (Lipinski definition) is 7. The highest BCUT2D eigenvalue weighted by atomic mass is 35.5. The fourth-order valence-corrected chi connectivity index (χ4v) is 5.45. The number of benzene rings is 2. The van der Waals surface area contributed by atoms with E-state index in [1.807, 2.05) is 73.7 Å². The second kappa shape index (κ2) is 9.44. The zero-order valence-electron chi connectivity index (χ0n) is 18.8.